The minimum absolute atomic E-state index is 0.205. The molecule has 4 N–H and O–H groups in total. The van der Waals surface area contributed by atoms with Crippen molar-refractivity contribution in [2.24, 2.45) is 0 Å². The number of nitrogen functional groups attached to an aromatic ring is 1. The molecule has 0 unspecified atom stereocenters. The third-order valence-corrected chi connectivity index (χ3v) is 2.99. The van der Waals surface area contributed by atoms with E-state index in [0.717, 1.165) is 5.56 Å². The second-order valence-corrected chi connectivity index (χ2v) is 4.69. The standard InChI is InChI=1S/C14H16N6O/c1-8-5-13(18-9(2)10(8)7-15)17-4-3-12-19-11(16)6-14(21)20-12/h5-6H,3-4H2,1-2H3,(H,17,18)(H3,16,19,20,21). The van der Waals surface area contributed by atoms with Gasteiger partial charge in [0, 0.05) is 19.0 Å². The number of nitriles is 1. The van der Waals surface area contributed by atoms with Gasteiger partial charge in [0.15, 0.2) is 0 Å². The van der Waals surface area contributed by atoms with Gasteiger partial charge in [0.1, 0.15) is 23.5 Å². The first-order valence-electron chi connectivity index (χ1n) is 6.47. The predicted molar refractivity (Wildman–Crippen MR) is 79.9 cm³/mol. The Balaban J connectivity index is 2.04. The minimum atomic E-state index is -0.263. The molecule has 0 aliphatic rings. The zero-order valence-electron chi connectivity index (χ0n) is 11.9. The fraction of sp³-hybridized carbons (Fsp3) is 0.286. The van der Waals surface area contributed by atoms with Crippen LogP contribution in [0.1, 0.15) is 22.6 Å². The molecule has 21 heavy (non-hydrogen) atoms. The summed E-state index contributed by atoms with van der Waals surface area (Å²) in [5.74, 6) is 1.42. The summed E-state index contributed by atoms with van der Waals surface area (Å²) in [4.78, 5) is 22.3. The summed E-state index contributed by atoms with van der Waals surface area (Å²) >= 11 is 0. The summed E-state index contributed by atoms with van der Waals surface area (Å²) in [7, 11) is 0. The van der Waals surface area contributed by atoms with Crippen LogP contribution in [0.25, 0.3) is 0 Å². The van der Waals surface area contributed by atoms with E-state index in [0.29, 0.717) is 35.9 Å². The number of aromatic amines is 1. The van der Waals surface area contributed by atoms with Gasteiger partial charge in [0.25, 0.3) is 5.56 Å². The van der Waals surface area contributed by atoms with Crippen LogP contribution < -0.4 is 16.6 Å². The summed E-state index contributed by atoms with van der Waals surface area (Å²) in [5, 5.41) is 12.1. The second kappa shape index (κ2) is 6.05. The quantitative estimate of drug-likeness (QED) is 0.766. The van der Waals surface area contributed by atoms with Gasteiger partial charge < -0.3 is 16.0 Å². The summed E-state index contributed by atoms with van der Waals surface area (Å²) in [6, 6.07) is 5.19. The number of anilines is 2. The lowest BCUT2D eigenvalue weighted by Gasteiger charge is -2.09. The highest BCUT2D eigenvalue weighted by Crippen LogP contribution is 2.15. The number of nitrogens with one attached hydrogen (secondary N) is 2. The lowest BCUT2D eigenvalue weighted by Crippen LogP contribution is -2.16. The average Bonchev–Trinajstić information content (AvgIpc) is 2.37. The SMILES string of the molecule is Cc1cc(NCCc2nc(N)cc(=O)[nH]2)nc(C)c1C#N. The maximum absolute atomic E-state index is 11.3. The Hall–Kier alpha value is -2.88. The number of pyridine rings is 1. The smallest absolute Gasteiger partial charge is 0.252 e. The summed E-state index contributed by atoms with van der Waals surface area (Å²) < 4.78 is 0. The predicted octanol–water partition coefficient (Wildman–Crippen LogP) is 0.890. The molecule has 2 heterocycles. The zero-order chi connectivity index (χ0) is 15.4. The number of H-pyrrole nitrogens is 1. The van der Waals surface area contributed by atoms with E-state index in [-0.39, 0.29) is 11.4 Å². The summed E-state index contributed by atoms with van der Waals surface area (Å²) in [6.45, 7) is 4.22. The van der Waals surface area contributed by atoms with E-state index in [4.69, 9.17) is 11.0 Å². The van der Waals surface area contributed by atoms with Gasteiger partial charge in [0.2, 0.25) is 0 Å². The normalized spacial score (nSPS) is 10.1. The van der Waals surface area contributed by atoms with Crippen LogP contribution in [0, 0.1) is 25.2 Å². The Bertz CT molecular complexity index is 736. The van der Waals surface area contributed by atoms with Gasteiger partial charge in [-0.1, -0.05) is 0 Å². The first-order chi connectivity index (χ1) is 9.99. The van der Waals surface area contributed by atoms with Crippen molar-refractivity contribution >= 4 is 11.6 Å². The third-order valence-electron chi connectivity index (χ3n) is 2.99. The van der Waals surface area contributed by atoms with Crippen LogP contribution in [0.3, 0.4) is 0 Å². The third kappa shape index (κ3) is 3.57. The molecule has 0 radical (unpaired) electrons. The van der Waals surface area contributed by atoms with E-state index in [1.165, 1.54) is 6.07 Å². The van der Waals surface area contributed by atoms with Crippen molar-refractivity contribution in [3.8, 4) is 6.07 Å². The maximum atomic E-state index is 11.3. The molecule has 0 atom stereocenters. The van der Waals surface area contributed by atoms with Crippen LogP contribution >= 0.6 is 0 Å². The van der Waals surface area contributed by atoms with Crippen LogP contribution in [0.5, 0.6) is 0 Å². The van der Waals surface area contributed by atoms with Crippen LogP contribution in [0.2, 0.25) is 0 Å². The zero-order valence-corrected chi connectivity index (χ0v) is 11.9. The van der Waals surface area contributed by atoms with Crippen molar-refractivity contribution in [2.75, 3.05) is 17.6 Å². The molecule has 0 saturated heterocycles. The molecule has 7 heteroatoms. The van der Waals surface area contributed by atoms with Gasteiger partial charge in [-0.05, 0) is 25.5 Å². The number of nitrogens with zero attached hydrogens (tertiary/aromatic N) is 3. The lowest BCUT2D eigenvalue weighted by molar-refractivity contribution is 0.880. The first kappa shape index (κ1) is 14.5. The van der Waals surface area contributed by atoms with Crippen molar-refractivity contribution in [1.29, 1.82) is 5.26 Å². The van der Waals surface area contributed by atoms with E-state index >= 15 is 0 Å². The van der Waals surface area contributed by atoms with Gasteiger partial charge in [-0.25, -0.2) is 9.97 Å². The molecule has 2 aromatic rings. The lowest BCUT2D eigenvalue weighted by atomic mass is 10.1. The Kier molecular flexibility index (Phi) is 4.18. The average molecular weight is 284 g/mol. The highest BCUT2D eigenvalue weighted by atomic mass is 16.1. The van der Waals surface area contributed by atoms with E-state index in [2.05, 4.69) is 26.3 Å². The molecule has 0 spiro atoms. The molecule has 0 bridgehead atoms. The summed E-state index contributed by atoms with van der Waals surface area (Å²) in [5.41, 5.74) is 7.42. The first-order valence-corrected chi connectivity index (χ1v) is 6.47. The van der Waals surface area contributed by atoms with Gasteiger partial charge in [-0.2, -0.15) is 5.26 Å². The second-order valence-electron chi connectivity index (χ2n) is 4.69. The Morgan fingerprint density at radius 2 is 2.14 bits per heavy atom. The number of hydrogen-bond acceptors (Lipinski definition) is 6. The maximum Gasteiger partial charge on any atom is 0.252 e. The van der Waals surface area contributed by atoms with Crippen molar-refractivity contribution in [3.63, 3.8) is 0 Å². The Morgan fingerprint density at radius 3 is 2.76 bits per heavy atom. The topological polar surface area (TPSA) is 120 Å². The van der Waals surface area contributed by atoms with E-state index < -0.39 is 0 Å². The molecule has 7 nitrogen and oxygen atoms in total. The number of aryl methyl sites for hydroxylation is 2. The highest BCUT2D eigenvalue weighted by molar-refractivity contribution is 5.48. The number of rotatable bonds is 4. The van der Waals surface area contributed by atoms with E-state index in [1.54, 1.807) is 6.92 Å². The molecule has 108 valence electrons. The minimum Gasteiger partial charge on any atom is -0.383 e. The number of nitrogens with two attached hydrogens (primary N) is 1. The van der Waals surface area contributed by atoms with Gasteiger partial charge in [-0.15, -0.1) is 0 Å². The van der Waals surface area contributed by atoms with Crippen LogP contribution in [-0.4, -0.2) is 21.5 Å². The van der Waals surface area contributed by atoms with Crippen LogP contribution in [-0.2, 0) is 6.42 Å². The Labute approximate surface area is 121 Å². The molecule has 0 saturated carbocycles. The van der Waals surface area contributed by atoms with Gasteiger partial charge in [-0.3, -0.25) is 4.79 Å². The van der Waals surface area contributed by atoms with Crippen molar-refractivity contribution in [2.45, 2.75) is 20.3 Å². The molecule has 0 fully saturated rings. The van der Waals surface area contributed by atoms with Crippen molar-refractivity contribution in [1.82, 2.24) is 15.0 Å². The fourth-order valence-electron chi connectivity index (χ4n) is 2.05. The number of aromatic nitrogens is 3. The summed E-state index contributed by atoms with van der Waals surface area (Å²) in [6.07, 6.45) is 0.514. The number of hydrogen-bond donors (Lipinski definition) is 3. The van der Waals surface area contributed by atoms with Gasteiger partial charge >= 0.3 is 0 Å². The fourth-order valence-corrected chi connectivity index (χ4v) is 2.05. The van der Waals surface area contributed by atoms with Crippen molar-refractivity contribution in [3.05, 3.63) is 45.1 Å². The van der Waals surface area contributed by atoms with Crippen molar-refractivity contribution < 1.29 is 0 Å². The molecular weight excluding hydrogens is 268 g/mol. The molecule has 0 aliphatic carbocycles. The molecule has 0 amide bonds. The van der Waals surface area contributed by atoms with E-state index in [9.17, 15) is 4.79 Å². The van der Waals surface area contributed by atoms with E-state index in [1.807, 2.05) is 13.0 Å². The molecule has 2 aromatic heterocycles. The molecule has 0 aliphatic heterocycles. The molecular formula is C14H16N6O. The van der Waals surface area contributed by atoms with Crippen LogP contribution in [0.15, 0.2) is 16.9 Å². The largest absolute Gasteiger partial charge is 0.383 e. The molecule has 2 rings (SSSR count). The monoisotopic (exact) mass is 284 g/mol. The Morgan fingerprint density at radius 1 is 1.38 bits per heavy atom. The molecule has 0 aromatic carbocycles. The van der Waals surface area contributed by atoms with Crippen LogP contribution in [0.4, 0.5) is 11.6 Å². The highest BCUT2D eigenvalue weighted by Gasteiger charge is 2.06. The van der Waals surface area contributed by atoms with Gasteiger partial charge in [0.05, 0.1) is 11.3 Å².